The zero-order chi connectivity index (χ0) is 7.40. The minimum atomic E-state index is -0.754. The highest BCUT2D eigenvalue weighted by Crippen LogP contribution is 2.04. The van der Waals surface area contributed by atoms with Crippen LogP contribution in [0.2, 0.25) is 0 Å². The summed E-state index contributed by atoms with van der Waals surface area (Å²) in [6.45, 7) is 0.441. The third-order valence-electron chi connectivity index (χ3n) is 0.986. The van der Waals surface area contributed by atoms with Crippen molar-refractivity contribution in [1.29, 1.82) is 0 Å². The van der Waals surface area contributed by atoms with Crippen molar-refractivity contribution in [2.75, 3.05) is 20.5 Å². The van der Waals surface area contributed by atoms with Crippen LogP contribution in [0.5, 0.6) is 0 Å². The van der Waals surface area contributed by atoms with E-state index in [1.54, 1.807) is 0 Å². The van der Waals surface area contributed by atoms with Gasteiger partial charge in [-0.05, 0) is 0 Å². The maximum absolute atomic E-state index is 10.4. The molecule has 1 rings (SSSR count). The zero-order valence-corrected chi connectivity index (χ0v) is 5.53. The lowest BCUT2D eigenvalue weighted by molar-refractivity contribution is -0.0847. The molecule has 1 unspecified atom stereocenters. The molecule has 0 aromatic heterocycles. The summed E-state index contributed by atoms with van der Waals surface area (Å²) >= 11 is 0. The fourth-order valence-electron chi connectivity index (χ4n) is 0.540. The van der Waals surface area contributed by atoms with E-state index in [9.17, 15) is 4.79 Å². The lowest BCUT2D eigenvalue weighted by atomic mass is 10.7. The van der Waals surface area contributed by atoms with Gasteiger partial charge in [-0.15, -0.1) is 0 Å². The standard InChI is InChI=1S/C5H8O5/c1-7-5(6)10-4-2-8-3-9-4/h4H,2-3H2,1H3. The second-order valence-corrected chi connectivity index (χ2v) is 1.66. The van der Waals surface area contributed by atoms with Gasteiger partial charge in [-0.25, -0.2) is 4.79 Å². The Kier molecular flexibility index (Phi) is 2.47. The fourth-order valence-corrected chi connectivity index (χ4v) is 0.540. The van der Waals surface area contributed by atoms with E-state index in [4.69, 9.17) is 9.47 Å². The maximum Gasteiger partial charge on any atom is 0.510 e. The molecule has 1 aliphatic heterocycles. The minimum Gasteiger partial charge on any atom is -0.438 e. The number of carbonyl (C=O) groups excluding carboxylic acids is 1. The summed E-state index contributed by atoms with van der Waals surface area (Å²) in [7, 11) is 1.23. The third kappa shape index (κ3) is 1.85. The van der Waals surface area contributed by atoms with Crippen molar-refractivity contribution in [1.82, 2.24) is 0 Å². The van der Waals surface area contributed by atoms with E-state index in [1.807, 2.05) is 0 Å². The van der Waals surface area contributed by atoms with Crippen LogP contribution in [-0.4, -0.2) is 33.0 Å². The first kappa shape index (κ1) is 7.30. The highest BCUT2D eigenvalue weighted by molar-refractivity contribution is 5.59. The van der Waals surface area contributed by atoms with Gasteiger partial charge in [0.25, 0.3) is 0 Å². The van der Waals surface area contributed by atoms with Crippen molar-refractivity contribution in [3.05, 3.63) is 0 Å². The number of rotatable bonds is 1. The number of methoxy groups -OCH3 is 1. The largest absolute Gasteiger partial charge is 0.510 e. The summed E-state index contributed by atoms with van der Waals surface area (Å²) in [6, 6.07) is 0. The first-order valence-electron chi connectivity index (χ1n) is 2.77. The average Bonchev–Trinajstić information content (AvgIpc) is 2.40. The molecule has 1 heterocycles. The Balaban J connectivity index is 2.17. The first-order chi connectivity index (χ1) is 4.83. The van der Waals surface area contributed by atoms with Gasteiger partial charge in [0.1, 0.15) is 6.61 Å². The number of carbonyl (C=O) groups is 1. The van der Waals surface area contributed by atoms with Gasteiger partial charge in [0.15, 0.2) is 6.79 Å². The summed E-state index contributed by atoms with van der Waals surface area (Å²) in [5.41, 5.74) is 0. The molecule has 58 valence electrons. The van der Waals surface area contributed by atoms with Gasteiger partial charge < -0.3 is 18.9 Å². The van der Waals surface area contributed by atoms with E-state index in [1.165, 1.54) is 7.11 Å². The van der Waals surface area contributed by atoms with Gasteiger partial charge in [0.2, 0.25) is 6.29 Å². The Morgan fingerprint density at radius 1 is 1.70 bits per heavy atom. The number of hydrogen-bond donors (Lipinski definition) is 0. The van der Waals surface area contributed by atoms with Crippen LogP contribution < -0.4 is 0 Å². The van der Waals surface area contributed by atoms with Gasteiger partial charge in [-0.1, -0.05) is 0 Å². The van der Waals surface area contributed by atoms with Crippen molar-refractivity contribution in [2.24, 2.45) is 0 Å². The monoisotopic (exact) mass is 148 g/mol. The van der Waals surface area contributed by atoms with Crippen LogP contribution in [0, 0.1) is 0 Å². The SMILES string of the molecule is COC(=O)OC1COCO1. The molecule has 0 aromatic rings. The summed E-state index contributed by atoms with van der Waals surface area (Å²) in [5, 5.41) is 0. The van der Waals surface area contributed by atoms with Gasteiger partial charge >= 0.3 is 6.16 Å². The summed E-state index contributed by atoms with van der Waals surface area (Å²) in [5.74, 6) is 0. The first-order valence-corrected chi connectivity index (χ1v) is 2.77. The normalized spacial score (nSPS) is 24.3. The molecule has 10 heavy (non-hydrogen) atoms. The molecule has 0 spiro atoms. The third-order valence-corrected chi connectivity index (χ3v) is 0.986. The van der Waals surface area contributed by atoms with Crippen LogP contribution in [-0.2, 0) is 18.9 Å². The fraction of sp³-hybridized carbons (Fsp3) is 0.800. The van der Waals surface area contributed by atoms with Crippen molar-refractivity contribution in [3.8, 4) is 0 Å². The summed E-state index contributed by atoms with van der Waals surface area (Å²) in [6.07, 6.45) is -1.36. The zero-order valence-electron chi connectivity index (χ0n) is 5.53. The Hall–Kier alpha value is -0.810. The van der Waals surface area contributed by atoms with Crippen molar-refractivity contribution in [2.45, 2.75) is 6.29 Å². The quantitative estimate of drug-likeness (QED) is 0.493. The van der Waals surface area contributed by atoms with E-state index in [0.717, 1.165) is 0 Å². The predicted octanol–water partition coefficient (Wildman–Crippen LogP) is 0.0998. The Morgan fingerprint density at radius 2 is 2.50 bits per heavy atom. The van der Waals surface area contributed by atoms with E-state index in [0.29, 0.717) is 0 Å². The molecule has 0 aliphatic carbocycles. The lowest BCUT2D eigenvalue weighted by Gasteiger charge is -2.06. The second kappa shape index (κ2) is 3.38. The van der Waals surface area contributed by atoms with E-state index < -0.39 is 12.4 Å². The molecule has 1 aliphatic rings. The molecule has 1 fully saturated rings. The number of ether oxygens (including phenoxy) is 4. The molecule has 0 saturated carbocycles. The summed E-state index contributed by atoms with van der Waals surface area (Å²) in [4.78, 5) is 10.4. The Bertz CT molecular complexity index is 117. The van der Waals surface area contributed by atoms with Gasteiger partial charge in [-0.3, -0.25) is 0 Å². The smallest absolute Gasteiger partial charge is 0.438 e. The predicted molar refractivity (Wildman–Crippen MR) is 29.2 cm³/mol. The van der Waals surface area contributed by atoms with Gasteiger partial charge in [-0.2, -0.15) is 0 Å². The van der Waals surface area contributed by atoms with E-state index in [-0.39, 0.29) is 13.4 Å². The van der Waals surface area contributed by atoms with Crippen molar-refractivity contribution in [3.63, 3.8) is 0 Å². The molecule has 5 nitrogen and oxygen atoms in total. The topological polar surface area (TPSA) is 54.0 Å². The molecular formula is C5H8O5. The maximum atomic E-state index is 10.4. The van der Waals surface area contributed by atoms with Crippen molar-refractivity contribution >= 4 is 6.16 Å². The molecule has 0 bridgehead atoms. The molecule has 0 radical (unpaired) electrons. The molecule has 1 saturated heterocycles. The highest BCUT2D eigenvalue weighted by atomic mass is 16.8. The highest BCUT2D eigenvalue weighted by Gasteiger charge is 2.20. The van der Waals surface area contributed by atoms with Crippen LogP contribution in [0.25, 0.3) is 0 Å². The molecule has 5 heteroatoms. The summed E-state index contributed by atoms with van der Waals surface area (Å²) < 4.78 is 18.3. The number of hydrogen-bond acceptors (Lipinski definition) is 5. The Morgan fingerprint density at radius 3 is 3.00 bits per heavy atom. The molecular weight excluding hydrogens is 140 g/mol. The van der Waals surface area contributed by atoms with Gasteiger partial charge in [0.05, 0.1) is 7.11 Å². The van der Waals surface area contributed by atoms with Crippen LogP contribution in [0.15, 0.2) is 0 Å². The minimum absolute atomic E-state index is 0.168. The van der Waals surface area contributed by atoms with Crippen LogP contribution in [0.3, 0.4) is 0 Å². The average molecular weight is 148 g/mol. The van der Waals surface area contributed by atoms with Crippen LogP contribution in [0.1, 0.15) is 0 Å². The van der Waals surface area contributed by atoms with Gasteiger partial charge in [0, 0.05) is 0 Å². The Labute approximate surface area is 57.8 Å². The molecule has 0 N–H and O–H groups in total. The van der Waals surface area contributed by atoms with Crippen molar-refractivity contribution < 1.29 is 23.7 Å². The molecule has 0 aromatic carbocycles. The second-order valence-electron chi connectivity index (χ2n) is 1.66. The van der Waals surface area contributed by atoms with Crippen LogP contribution >= 0.6 is 0 Å². The van der Waals surface area contributed by atoms with Crippen LogP contribution in [0.4, 0.5) is 4.79 Å². The molecule has 0 amide bonds. The molecule has 1 atom stereocenters. The van der Waals surface area contributed by atoms with E-state index >= 15 is 0 Å². The van der Waals surface area contributed by atoms with E-state index in [2.05, 4.69) is 9.47 Å². The lowest BCUT2D eigenvalue weighted by Crippen LogP contribution is -2.19.